The van der Waals surface area contributed by atoms with Crippen LogP contribution in [0, 0.1) is 6.92 Å². The van der Waals surface area contributed by atoms with E-state index in [1.807, 2.05) is 6.92 Å². The van der Waals surface area contributed by atoms with Crippen LogP contribution in [0.4, 0.5) is 0 Å². The molecule has 0 bridgehead atoms. The Morgan fingerprint density at radius 1 is 1.45 bits per heavy atom. The molecule has 1 atom stereocenters. The molecule has 1 rings (SSSR count). The molecule has 0 saturated carbocycles. The highest BCUT2D eigenvalue weighted by Gasteiger charge is 2.25. The zero-order valence-electron chi connectivity index (χ0n) is 12.5. The molecule has 1 aromatic rings. The van der Waals surface area contributed by atoms with E-state index in [1.54, 1.807) is 6.92 Å². The van der Waals surface area contributed by atoms with E-state index in [4.69, 9.17) is 4.74 Å². The number of hydrogen-bond donors (Lipinski definition) is 3. The number of nitrogens with zero attached hydrogens (tertiary/aromatic N) is 1. The van der Waals surface area contributed by atoms with Gasteiger partial charge in [0, 0.05) is 31.0 Å². The Morgan fingerprint density at radius 2 is 2.15 bits per heavy atom. The lowest BCUT2D eigenvalue weighted by Gasteiger charge is -2.13. The molecule has 0 spiro atoms. The van der Waals surface area contributed by atoms with E-state index in [-0.39, 0.29) is 11.1 Å². The average molecular weight is 304 g/mol. The van der Waals surface area contributed by atoms with Crippen LogP contribution in [0.3, 0.4) is 0 Å². The van der Waals surface area contributed by atoms with Crippen molar-refractivity contribution in [2.45, 2.75) is 44.8 Å². The minimum atomic E-state index is -3.64. The molecule has 3 N–H and O–H groups in total. The highest BCUT2D eigenvalue weighted by atomic mass is 32.2. The minimum absolute atomic E-state index is 0.0570. The molecule has 0 aromatic carbocycles. The van der Waals surface area contributed by atoms with Crippen LogP contribution in [0.1, 0.15) is 31.5 Å². The molecule has 0 aliphatic carbocycles. The van der Waals surface area contributed by atoms with Crippen LogP contribution < -0.4 is 10.0 Å². The molecule has 0 aliphatic heterocycles. The number of aryl methyl sites for hydroxylation is 1. The smallest absolute Gasteiger partial charge is 0.260 e. The maximum absolute atomic E-state index is 12.3. The molecule has 1 heterocycles. The Balaban J connectivity index is 2.89. The fourth-order valence-corrected chi connectivity index (χ4v) is 3.28. The van der Waals surface area contributed by atoms with E-state index in [0.29, 0.717) is 18.7 Å². The highest BCUT2D eigenvalue weighted by molar-refractivity contribution is 7.89. The lowest BCUT2D eigenvalue weighted by molar-refractivity contribution is 0.180. The van der Waals surface area contributed by atoms with Gasteiger partial charge in [-0.2, -0.15) is 5.10 Å². The van der Waals surface area contributed by atoms with E-state index in [0.717, 1.165) is 18.7 Å². The molecule has 116 valence electrons. The summed E-state index contributed by atoms with van der Waals surface area (Å²) < 4.78 is 32.1. The van der Waals surface area contributed by atoms with Gasteiger partial charge in [0.05, 0.1) is 6.61 Å². The first-order valence-electron chi connectivity index (χ1n) is 6.68. The fraction of sp³-hybridized carbons (Fsp3) is 0.750. The topological polar surface area (TPSA) is 96.1 Å². The normalized spacial score (nSPS) is 13.6. The van der Waals surface area contributed by atoms with Gasteiger partial charge in [0.1, 0.15) is 0 Å². The van der Waals surface area contributed by atoms with Crippen molar-refractivity contribution in [3.8, 4) is 0 Å². The lowest BCUT2D eigenvalue weighted by atomic mass is 10.2. The largest absolute Gasteiger partial charge is 0.383 e. The zero-order valence-corrected chi connectivity index (χ0v) is 13.3. The quantitative estimate of drug-likeness (QED) is 0.578. The van der Waals surface area contributed by atoms with Crippen molar-refractivity contribution in [2.75, 3.05) is 20.3 Å². The van der Waals surface area contributed by atoms with E-state index < -0.39 is 10.0 Å². The van der Waals surface area contributed by atoms with E-state index in [1.165, 1.54) is 7.11 Å². The van der Waals surface area contributed by atoms with Crippen LogP contribution in [0.25, 0.3) is 0 Å². The van der Waals surface area contributed by atoms with E-state index >= 15 is 0 Å². The number of ether oxygens (including phenoxy) is 1. The molecule has 0 amide bonds. The number of sulfonamides is 1. The first-order valence-corrected chi connectivity index (χ1v) is 8.16. The van der Waals surface area contributed by atoms with Gasteiger partial charge in [-0.25, -0.2) is 13.1 Å². The molecule has 8 heteroatoms. The van der Waals surface area contributed by atoms with Crippen molar-refractivity contribution < 1.29 is 13.2 Å². The summed E-state index contributed by atoms with van der Waals surface area (Å²) in [7, 11) is -2.11. The summed E-state index contributed by atoms with van der Waals surface area (Å²) in [5.41, 5.74) is 1.43. The van der Waals surface area contributed by atoms with Gasteiger partial charge in [-0.05, 0) is 26.8 Å². The molecular weight excluding hydrogens is 280 g/mol. The van der Waals surface area contributed by atoms with Crippen LogP contribution in [-0.2, 0) is 21.3 Å². The lowest BCUT2D eigenvalue weighted by Crippen LogP contribution is -2.36. The van der Waals surface area contributed by atoms with Crippen molar-refractivity contribution in [1.29, 1.82) is 0 Å². The van der Waals surface area contributed by atoms with Crippen LogP contribution in [0.15, 0.2) is 5.03 Å². The number of rotatable bonds is 9. The Kier molecular flexibility index (Phi) is 6.60. The third-order valence-electron chi connectivity index (χ3n) is 2.79. The van der Waals surface area contributed by atoms with Crippen molar-refractivity contribution in [1.82, 2.24) is 20.2 Å². The van der Waals surface area contributed by atoms with Gasteiger partial charge in [-0.1, -0.05) is 6.92 Å². The number of aromatic nitrogens is 2. The number of hydrogen-bond acceptors (Lipinski definition) is 5. The SMILES string of the molecule is CCCNCc1c(S(=O)(=O)NC(C)COC)n[nH]c1C. The average Bonchev–Trinajstić information content (AvgIpc) is 2.72. The molecule has 0 radical (unpaired) electrons. The Bertz CT molecular complexity index is 513. The molecule has 20 heavy (non-hydrogen) atoms. The van der Waals surface area contributed by atoms with E-state index in [2.05, 4.69) is 27.2 Å². The molecular formula is C12H24N4O3S. The summed E-state index contributed by atoms with van der Waals surface area (Å²) in [6.45, 7) is 7.23. The molecule has 0 fully saturated rings. The summed E-state index contributed by atoms with van der Waals surface area (Å²) in [4.78, 5) is 0. The number of H-pyrrole nitrogens is 1. The summed E-state index contributed by atoms with van der Waals surface area (Å²) in [5.74, 6) is 0. The first kappa shape index (κ1) is 17.1. The monoisotopic (exact) mass is 304 g/mol. The molecule has 7 nitrogen and oxygen atoms in total. The van der Waals surface area contributed by atoms with Gasteiger partial charge in [0.2, 0.25) is 0 Å². The second-order valence-electron chi connectivity index (χ2n) is 4.79. The predicted octanol–water partition coefficient (Wildman–Crippen LogP) is 0.531. The molecule has 0 saturated heterocycles. The van der Waals surface area contributed by atoms with Gasteiger partial charge < -0.3 is 10.1 Å². The minimum Gasteiger partial charge on any atom is -0.383 e. The molecule has 0 aliphatic rings. The van der Waals surface area contributed by atoms with Gasteiger partial charge in [-0.3, -0.25) is 5.10 Å². The van der Waals surface area contributed by atoms with Crippen LogP contribution >= 0.6 is 0 Å². The number of nitrogens with one attached hydrogen (secondary N) is 3. The van der Waals surface area contributed by atoms with Crippen LogP contribution in [0.5, 0.6) is 0 Å². The van der Waals surface area contributed by atoms with Crippen LogP contribution in [0.2, 0.25) is 0 Å². The fourth-order valence-electron chi connectivity index (χ4n) is 1.86. The molecule has 1 unspecified atom stereocenters. The second kappa shape index (κ2) is 7.72. The van der Waals surface area contributed by atoms with Gasteiger partial charge in [0.25, 0.3) is 10.0 Å². The highest BCUT2D eigenvalue weighted by Crippen LogP contribution is 2.16. The van der Waals surface area contributed by atoms with Crippen molar-refractivity contribution in [3.05, 3.63) is 11.3 Å². The van der Waals surface area contributed by atoms with Crippen molar-refractivity contribution in [3.63, 3.8) is 0 Å². The number of methoxy groups -OCH3 is 1. The summed E-state index contributed by atoms with van der Waals surface area (Å²) in [5, 5.41) is 9.91. The zero-order chi connectivity index (χ0) is 15.2. The van der Waals surface area contributed by atoms with Crippen LogP contribution in [-0.4, -0.2) is 44.9 Å². The Hall–Kier alpha value is -0.960. The molecule has 1 aromatic heterocycles. The predicted molar refractivity (Wildman–Crippen MR) is 77.0 cm³/mol. The summed E-state index contributed by atoms with van der Waals surface area (Å²) in [6, 6.07) is -0.307. The Morgan fingerprint density at radius 3 is 2.75 bits per heavy atom. The van der Waals surface area contributed by atoms with Gasteiger partial charge >= 0.3 is 0 Å². The summed E-state index contributed by atoms with van der Waals surface area (Å²) in [6.07, 6.45) is 0.988. The number of aromatic amines is 1. The second-order valence-corrected chi connectivity index (χ2v) is 6.42. The Labute approximate surface area is 120 Å². The van der Waals surface area contributed by atoms with Gasteiger partial charge in [0.15, 0.2) is 5.03 Å². The van der Waals surface area contributed by atoms with Crippen molar-refractivity contribution >= 4 is 10.0 Å². The first-order chi connectivity index (χ1) is 9.42. The van der Waals surface area contributed by atoms with Gasteiger partial charge in [-0.15, -0.1) is 0 Å². The summed E-state index contributed by atoms with van der Waals surface area (Å²) >= 11 is 0. The third kappa shape index (κ3) is 4.55. The third-order valence-corrected chi connectivity index (χ3v) is 4.35. The van der Waals surface area contributed by atoms with Crippen molar-refractivity contribution in [2.24, 2.45) is 0 Å². The van der Waals surface area contributed by atoms with E-state index in [9.17, 15) is 8.42 Å². The maximum atomic E-state index is 12.3. The maximum Gasteiger partial charge on any atom is 0.260 e. The standard InChI is InChI=1S/C12H24N4O3S/c1-5-6-13-7-11-10(3)14-15-12(11)20(17,18)16-9(2)8-19-4/h9,13,16H,5-8H2,1-4H3,(H,14,15).